The highest BCUT2D eigenvalue weighted by Crippen LogP contribution is 2.26. The molecule has 22 heavy (non-hydrogen) atoms. The van der Waals surface area contributed by atoms with E-state index < -0.39 is 9.84 Å². The molecule has 1 aromatic rings. The van der Waals surface area contributed by atoms with E-state index in [1.165, 1.54) is 6.26 Å². The summed E-state index contributed by atoms with van der Waals surface area (Å²) in [6, 6.07) is 5.46. The molecule has 0 saturated heterocycles. The molecule has 0 heterocycles. The van der Waals surface area contributed by atoms with Crippen LogP contribution in [0.2, 0.25) is 0 Å². The van der Waals surface area contributed by atoms with Crippen molar-refractivity contribution in [2.45, 2.75) is 44.4 Å². The van der Waals surface area contributed by atoms with Gasteiger partial charge in [-0.15, -0.1) is 0 Å². The van der Waals surface area contributed by atoms with Crippen molar-refractivity contribution in [1.29, 1.82) is 0 Å². The number of benzene rings is 1. The molecule has 122 valence electrons. The van der Waals surface area contributed by atoms with Crippen LogP contribution in [0.25, 0.3) is 0 Å². The molecule has 5 nitrogen and oxygen atoms in total. The fourth-order valence-corrected chi connectivity index (χ4v) is 3.84. The number of anilines is 1. The molecule has 3 N–H and O–H groups in total. The summed E-state index contributed by atoms with van der Waals surface area (Å²) >= 11 is 0. The van der Waals surface area contributed by atoms with Gasteiger partial charge in [-0.1, -0.05) is 18.6 Å². The Morgan fingerprint density at radius 2 is 2.09 bits per heavy atom. The van der Waals surface area contributed by atoms with Crippen LogP contribution in [0.5, 0.6) is 0 Å². The summed E-state index contributed by atoms with van der Waals surface area (Å²) in [4.78, 5) is 12.4. The molecule has 1 saturated carbocycles. The second-order valence-electron chi connectivity index (χ2n) is 6.27. The van der Waals surface area contributed by atoms with Crippen molar-refractivity contribution in [3.63, 3.8) is 0 Å². The number of rotatable bonds is 4. The van der Waals surface area contributed by atoms with E-state index in [1.807, 2.05) is 13.0 Å². The maximum absolute atomic E-state index is 12.4. The molecule has 2 unspecified atom stereocenters. The Balaban J connectivity index is 2.12. The fourth-order valence-electron chi connectivity index (χ4n) is 2.96. The first-order valence-corrected chi connectivity index (χ1v) is 9.65. The Morgan fingerprint density at radius 1 is 1.36 bits per heavy atom. The van der Waals surface area contributed by atoms with Crippen molar-refractivity contribution in [2.24, 2.45) is 11.7 Å². The van der Waals surface area contributed by atoms with Gasteiger partial charge in [0.2, 0.25) is 5.91 Å². The van der Waals surface area contributed by atoms with Gasteiger partial charge in [0.1, 0.15) is 0 Å². The smallest absolute Gasteiger partial charge is 0.227 e. The molecule has 0 aliphatic heterocycles. The number of hydrogen-bond acceptors (Lipinski definition) is 4. The van der Waals surface area contributed by atoms with Crippen LogP contribution in [-0.2, 0) is 20.4 Å². The Kier molecular flexibility index (Phi) is 5.24. The van der Waals surface area contributed by atoms with Gasteiger partial charge in [-0.25, -0.2) is 8.42 Å². The molecule has 0 spiro atoms. The van der Waals surface area contributed by atoms with Crippen LogP contribution in [0.1, 0.15) is 36.8 Å². The molecular weight excluding hydrogens is 300 g/mol. The highest BCUT2D eigenvalue weighted by atomic mass is 32.2. The van der Waals surface area contributed by atoms with E-state index in [4.69, 9.17) is 5.73 Å². The molecule has 1 aliphatic carbocycles. The second-order valence-corrected chi connectivity index (χ2v) is 8.41. The lowest BCUT2D eigenvalue weighted by Gasteiger charge is -2.26. The van der Waals surface area contributed by atoms with E-state index in [2.05, 4.69) is 5.32 Å². The van der Waals surface area contributed by atoms with Gasteiger partial charge in [0.05, 0.1) is 5.75 Å². The summed E-state index contributed by atoms with van der Waals surface area (Å²) < 4.78 is 22.9. The Labute approximate surface area is 132 Å². The third-order valence-electron chi connectivity index (χ3n) is 4.21. The lowest BCUT2D eigenvalue weighted by molar-refractivity contribution is -0.120. The summed E-state index contributed by atoms with van der Waals surface area (Å²) in [7, 11) is -3.10. The van der Waals surface area contributed by atoms with Crippen LogP contribution in [0.4, 0.5) is 5.69 Å². The van der Waals surface area contributed by atoms with E-state index in [-0.39, 0.29) is 23.6 Å². The van der Waals surface area contributed by atoms with Crippen molar-refractivity contribution in [3.05, 3.63) is 29.3 Å². The number of amides is 1. The highest BCUT2D eigenvalue weighted by Gasteiger charge is 2.25. The van der Waals surface area contributed by atoms with Crippen LogP contribution < -0.4 is 11.1 Å². The van der Waals surface area contributed by atoms with Crippen LogP contribution >= 0.6 is 0 Å². The summed E-state index contributed by atoms with van der Waals surface area (Å²) in [5.74, 6) is -0.0897. The number of carbonyl (C=O) groups excluding carboxylic acids is 1. The lowest BCUT2D eigenvalue weighted by atomic mass is 9.85. The summed E-state index contributed by atoms with van der Waals surface area (Å²) in [5.41, 5.74) is 8.15. The molecule has 6 heteroatoms. The third-order valence-corrected chi connectivity index (χ3v) is 5.04. The Hall–Kier alpha value is -1.40. The second kappa shape index (κ2) is 6.79. The van der Waals surface area contributed by atoms with Gasteiger partial charge in [0.25, 0.3) is 0 Å². The average molecular weight is 324 g/mol. The van der Waals surface area contributed by atoms with E-state index in [9.17, 15) is 13.2 Å². The number of sulfone groups is 1. The van der Waals surface area contributed by atoms with Gasteiger partial charge in [-0.3, -0.25) is 4.79 Å². The predicted molar refractivity (Wildman–Crippen MR) is 88.3 cm³/mol. The minimum atomic E-state index is -3.10. The first-order chi connectivity index (χ1) is 10.3. The summed E-state index contributed by atoms with van der Waals surface area (Å²) in [6.45, 7) is 1.84. The maximum atomic E-state index is 12.4. The normalized spacial score (nSPS) is 22.3. The van der Waals surface area contributed by atoms with E-state index in [0.29, 0.717) is 12.1 Å². The molecule has 0 aromatic heterocycles. The van der Waals surface area contributed by atoms with Gasteiger partial charge in [-0.05, 0) is 43.4 Å². The number of carbonyl (C=O) groups is 1. The van der Waals surface area contributed by atoms with Gasteiger partial charge >= 0.3 is 0 Å². The highest BCUT2D eigenvalue weighted by molar-refractivity contribution is 7.89. The van der Waals surface area contributed by atoms with Crippen molar-refractivity contribution in [1.82, 2.24) is 0 Å². The molecule has 0 bridgehead atoms. The fraction of sp³-hybridized carbons (Fsp3) is 0.562. The van der Waals surface area contributed by atoms with Crippen LogP contribution in [0, 0.1) is 12.8 Å². The van der Waals surface area contributed by atoms with Crippen LogP contribution in [-0.4, -0.2) is 26.6 Å². The average Bonchev–Trinajstić information content (AvgIpc) is 2.42. The monoisotopic (exact) mass is 324 g/mol. The standard InChI is InChI=1S/C16H24N2O3S/c1-11-13(10-22(2,20)21)6-4-8-15(11)18-16(19)12-5-3-7-14(17)9-12/h4,6,8,12,14H,3,5,7,9-10,17H2,1-2H3,(H,18,19). The van der Waals surface area contributed by atoms with Crippen molar-refractivity contribution in [2.75, 3.05) is 11.6 Å². The van der Waals surface area contributed by atoms with Gasteiger partial charge in [0, 0.05) is 23.9 Å². The zero-order valence-corrected chi connectivity index (χ0v) is 13.9. The van der Waals surface area contributed by atoms with Gasteiger partial charge < -0.3 is 11.1 Å². The molecule has 2 rings (SSSR count). The first kappa shape index (κ1) is 17.0. The minimum absolute atomic E-state index is 0.0170. The summed E-state index contributed by atoms with van der Waals surface area (Å²) in [6.07, 6.45) is 4.75. The molecule has 1 aromatic carbocycles. The molecule has 1 amide bonds. The van der Waals surface area contributed by atoms with Gasteiger partial charge in [0.15, 0.2) is 9.84 Å². The maximum Gasteiger partial charge on any atom is 0.227 e. The zero-order chi connectivity index (χ0) is 16.3. The molecule has 1 aliphatic rings. The molecule has 0 radical (unpaired) electrons. The molecular formula is C16H24N2O3S. The topological polar surface area (TPSA) is 89.3 Å². The summed E-state index contributed by atoms with van der Waals surface area (Å²) in [5, 5.41) is 2.94. The predicted octanol–water partition coefficient (Wildman–Crippen LogP) is 2.00. The van der Waals surface area contributed by atoms with E-state index in [0.717, 1.165) is 30.4 Å². The van der Waals surface area contributed by atoms with Crippen LogP contribution in [0.3, 0.4) is 0 Å². The zero-order valence-electron chi connectivity index (χ0n) is 13.1. The number of nitrogens with two attached hydrogens (primary N) is 1. The number of nitrogens with one attached hydrogen (secondary N) is 1. The SMILES string of the molecule is Cc1c(CS(C)(=O)=O)cccc1NC(=O)C1CCCC(N)C1. The van der Waals surface area contributed by atoms with E-state index in [1.54, 1.807) is 12.1 Å². The van der Waals surface area contributed by atoms with Crippen molar-refractivity contribution < 1.29 is 13.2 Å². The largest absolute Gasteiger partial charge is 0.328 e. The lowest BCUT2D eigenvalue weighted by Crippen LogP contribution is -2.34. The molecule has 1 fully saturated rings. The molecule has 2 atom stereocenters. The van der Waals surface area contributed by atoms with Crippen LogP contribution in [0.15, 0.2) is 18.2 Å². The Morgan fingerprint density at radius 3 is 2.73 bits per heavy atom. The van der Waals surface area contributed by atoms with Crippen molar-refractivity contribution in [3.8, 4) is 0 Å². The number of hydrogen-bond donors (Lipinski definition) is 2. The van der Waals surface area contributed by atoms with Gasteiger partial charge in [-0.2, -0.15) is 0 Å². The first-order valence-electron chi connectivity index (χ1n) is 7.59. The van der Waals surface area contributed by atoms with E-state index >= 15 is 0 Å². The van der Waals surface area contributed by atoms with Crippen molar-refractivity contribution >= 4 is 21.4 Å². The third kappa shape index (κ3) is 4.55. The quantitative estimate of drug-likeness (QED) is 0.886. The minimum Gasteiger partial charge on any atom is -0.328 e. The Bertz CT molecular complexity index is 655.